The number of para-hydroxylation sites is 2. The molecule has 28 heavy (non-hydrogen) atoms. The number of nitrogens with one attached hydrogen (secondary N) is 1. The monoisotopic (exact) mass is 442 g/mol. The van der Waals surface area contributed by atoms with Crippen molar-refractivity contribution < 1.29 is 18.7 Å². The van der Waals surface area contributed by atoms with E-state index in [4.69, 9.17) is 44.0 Å². The molecule has 0 spiro atoms. The Hall–Kier alpha value is -2.48. The van der Waals surface area contributed by atoms with Gasteiger partial charge in [-0.3, -0.25) is 14.2 Å². The molecule has 146 valence electrons. The van der Waals surface area contributed by atoms with Crippen molar-refractivity contribution in [3.05, 3.63) is 62.0 Å². The van der Waals surface area contributed by atoms with Crippen LogP contribution >= 0.6 is 34.8 Å². The van der Waals surface area contributed by atoms with E-state index in [0.29, 0.717) is 11.1 Å². The minimum atomic E-state index is -1.15. The van der Waals surface area contributed by atoms with Crippen LogP contribution in [0, 0.1) is 0 Å². The third kappa shape index (κ3) is 4.32. The van der Waals surface area contributed by atoms with Crippen LogP contribution < -0.4 is 11.1 Å². The Morgan fingerprint density at radius 3 is 2.57 bits per heavy atom. The lowest BCUT2D eigenvalue weighted by Gasteiger charge is -2.15. The Morgan fingerprint density at radius 2 is 1.82 bits per heavy atom. The zero-order chi connectivity index (χ0) is 20.4. The van der Waals surface area contributed by atoms with E-state index in [2.05, 4.69) is 5.32 Å². The fraction of sp³-hybridized carbons (Fsp3) is 0.167. The second kappa shape index (κ2) is 8.26. The predicted molar refractivity (Wildman–Crippen MR) is 106 cm³/mol. The van der Waals surface area contributed by atoms with Crippen molar-refractivity contribution in [3.8, 4) is 0 Å². The number of halogens is 3. The van der Waals surface area contributed by atoms with Crippen molar-refractivity contribution in [2.24, 2.45) is 0 Å². The fourth-order valence-corrected chi connectivity index (χ4v) is 3.03. The number of carbonyl (C=O) groups is 2. The van der Waals surface area contributed by atoms with E-state index >= 15 is 0 Å². The van der Waals surface area contributed by atoms with E-state index in [1.807, 2.05) is 0 Å². The summed E-state index contributed by atoms with van der Waals surface area (Å²) in [5.41, 5.74) is 1.02. The Bertz CT molecular complexity index is 1120. The van der Waals surface area contributed by atoms with Crippen molar-refractivity contribution in [3.63, 3.8) is 0 Å². The first-order valence-electron chi connectivity index (χ1n) is 7.99. The lowest BCUT2D eigenvalue weighted by molar-refractivity contribution is -0.153. The second-order valence-electron chi connectivity index (χ2n) is 5.79. The summed E-state index contributed by atoms with van der Waals surface area (Å²) in [6.45, 7) is 0.982. The zero-order valence-corrected chi connectivity index (χ0v) is 16.6. The quantitative estimate of drug-likeness (QED) is 0.473. The fourth-order valence-electron chi connectivity index (χ4n) is 2.43. The number of rotatable bonds is 5. The first kappa shape index (κ1) is 20.3. The second-order valence-corrected chi connectivity index (χ2v) is 7.01. The van der Waals surface area contributed by atoms with E-state index in [1.165, 1.54) is 19.1 Å². The van der Waals surface area contributed by atoms with Crippen molar-refractivity contribution in [2.75, 3.05) is 5.32 Å². The molecule has 0 aliphatic heterocycles. The molecule has 1 N–H and O–H groups in total. The largest absolute Gasteiger partial charge is 0.451 e. The predicted octanol–water partition coefficient (Wildman–Crippen LogP) is 4.13. The number of hydrogen-bond donors (Lipinski definition) is 1. The topological polar surface area (TPSA) is 90.5 Å². The number of carbonyl (C=O) groups excluding carboxylic acids is 2. The zero-order valence-electron chi connectivity index (χ0n) is 14.4. The first-order chi connectivity index (χ1) is 13.3. The Morgan fingerprint density at radius 1 is 1.14 bits per heavy atom. The summed E-state index contributed by atoms with van der Waals surface area (Å²) in [4.78, 5) is 36.3. The number of esters is 1. The van der Waals surface area contributed by atoms with Gasteiger partial charge in [0.05, 0.1) is 26.3 Å². The Kier molecular flexibility index (Phi) is 5.98. The van der Waals surface area contributed by atoms with Crippen LogP contribution in [0.25, 0.3) is 11.1 Å². The van der Waals surface area contributed by atoms with Gasteiger partial charge in [-0.25, -0.2) is 4.79 Å². The highest BCUT2D eigenvalue weighted by molar-refractivity contribution is 6.44. The van der Waals surface area contributed by atoms with Gasteiger partial charge in [-0.15, -0.1) is 0 Å². The molecule has 0 aliphatic carbocycles. The maximum absolute atomic E-state index is 12.3. The number of anilines is 1. The smallest absolute Gasteiger partial charge is 0.420 e. The molecule has 7 nitrogen and oxygen atoms in total. The van der Waals surface area contributed by atoms with Crippen molar-refractivity contribution in [2.45, 2.75) is 19.6 Å². The number of fused-ring (bicyclic) bond motifs is 1. The minimum Gasteiger partial charge on any atom is -0.451 e. The average Bonchev–Trinajstić information content (AvgIpc) is 2.95. The first-order valence-corrected chi connectivity index (χ1v) is 9.13. The van der Waals surface area contributed by atoms with E-state index in [9.17, 15) is 14.4 Å². The summed E-state index contributed by atoms with van der Waals surface area (Å²) in [7, 11) is 0. The molecule has 0 radical (unpaired) electrons. The number of oxazole rings is 1. The Labute approximate surface area is 173 Å². The standard InChI is InChI=1S/C18H13Cl3N2O5/c1-9(17(25)22-13-7-11(20)10(19)6-12(13)21)27-16(24)8-23-14-4-2-3-5-15(14)28-18(23)26/h2-7,9H,8H2,1H3,(H,22,25). The van der Waals surface area contributed by atoms with Gasteiger partial charge in [0.25, 0.3) is 5.91 Å². The molecule has 1 unspecified atom stereocenters. The van der Waals surface area contributed by atoms with Gasteiger partial charge in [0.2, 0.25) is 0 Å². The number of nitrogens with zero attached hydrogens (tertiary/aromatic N) is 1. The van der Waals surface area contributed by atoms with Crippen molar-refractivity contribution >= 4 is 63.5 Å². The van der Waals surface area contributed by atoms with Crippen LogP contribution in [-0.4, -0.2) is 22.5 Å². The lowest BCUT2D eigenvalue weighted by Crippen LogP contribution is -2.32. The number of hydrogen-bond acceptors (Lipinski definition) is 5. The van der Waals surface area contributed by atoms with Gasteiger partial charge in [0.1, 0.15) is 6.54 Å². The third-order valence-electron chi connectivity index (χ3n) is 3.81. The van der Waals surface area contributed by atoms with E-state index in [-0.39, 0.29) is 20.8 Å². The molecular weight excluding hydrogens is 431 g/mol. The molecule has 10 heteroatoms. The maximum atomic E-state index is 12.3. The van der Waals surface area contributed by atoms with Crippen LogP contribution in [0.15, 0.2) is 45.6 Å². The summed E-state index contributed by atoms with van der Waals surface area (Å²) in [5, 5.41) is 3.13. The highest BCUT2D eigenvalue weighted by atomic mass is 35.5. The summed E-state index contributed by atoms with van der Waals surface area (Å²) in [5.74, 6) is -2.10. The number of aromatic nitrogens is 1. The molecule has 2 aromatic carbocycles. The van der Waals surface area contributed by atoms with Crippen LogP contribution in [-0.2, 0) is 20.9 Å². The van der Waals surface area contributed by atoms with Crippen LogP contribution in [0.5, 0.6) is 0 Å². The van der Waals surface area contributed by atoms with Crippen LogP contribution in [0.1, 0.15) is 6.92 Å². The normalized spacial score (nSPS) is 12.0. The number of amides is 1. The van der Waals surface area contributed by atoms with Gasteiger partial charge in [0.15, 0.2) is 11.7 Å². The SMILES string of the molecule is CC(OC(=O)Cn1c(=O)oc2ccccc21)C(=O)Nc1cc(Cl)c(Cl)cc1Cl. The summed E-state index contributed by atoms with van der Waals surface area (Å²) in [6.07, 6.45) is -1.15. The van der Waals surface area contributed by atoms with Gasteiger partial charge in [-0.2, -0.15) is 0 Å². The molecule has 0 bridgehead atoms. The van der Waals surface area contributed by atoms with Gasteiger partial charge in [-0.05, 0) is 31.2 Å². The molecule has 3 rings (SSSR count). The van der Waals surface area contributed by atoms with Crippen LogP contribution in [0.3, 0.4) is 0 Å². The van der Waals surface area contributed by atoms with E-state index < -0.39 is 30.3 Å². The van der Waals surface area contributed by atoms with Gasteiger partial charge in [0, 0.05) is 0 Å². The molecule has 1 aromatic heterocycles. The van der Waals surface area contributed by atoms with Gasteiger partial charge >= 0.3 is 11.7 Å². The Balaban J connectivity index is 1.67. The maximum Gasteiger partial charge on any atom is 0.420 e. The molecule has 0 aliphatic rings. The molecule has 0 fully saturated rings. The minimum absolute atomic E-state index is 0.178. The van der Waals surface area contributed by atoms with Crippen molar-refractivity contribution in [1.29, 1.82) is 0 Å². The summed E-state index contributed by atoms with van der Waals surface area (Å²) < 4.78 is 11.3. The molecule has 1 amide bonds. The summed E-state index contributed by atoms with van der Waals surface area (Å²) >= 11 is 17.8. The molecule has 1 heterocycles. The number of benzene rings is 2. The summed E-state index contributed by atoms with van der Waals surface area (Å²) in [6, 6.07) is 9.42. The van der Waals surface area contributed by atoms with Gasteiger partial charge < -0.3 is 14.5 Å². The van der Waals surface area contributed by atoms with Crippen LogP contribution in [0.2, 0.25) is 15.1 Å². The van der Waals surface area contributed by atoms with E-state index in [1.54, 1.807) is 24.3 Å². The van der Waals surface area contributed by atoms with Crippen molar-refractivity contribution in [1.82, 2.24) is 4.57 Å². The number of ether oxygens (including phenoxy) is 1. The van der Waals surface area contributed by atoms with Gasteiger partial charge in [-0.1, -0.05) is 46.9 Å². The van der Waals surface area contributed by atoms with E-state index in [0.717, 1.165) is 4.57 Å². The third-order valence-corrected chi connectivity index (χ3v) is 4.84. The lowest BCUT2D eigenvalue weighted by atomic mass is 10.3. The highest BCUT2D eigenvalue weighted by Crippen LogP contribution is 2.32. The van der Waals surface area contributed by atoms with Crippen LogP contribution in [0.4, 0.5) is 5.69 Å². The molecule has 0 saturated heterocycles. The molecule has 1 atom stereocenters. The molecular formula is C18H13Cl3N2O5. The average molecular weight is 444 g/mol. The highest BCUT2D eigenvalue weighted by Gasteiger charge is 2.21. The molecule has 0 saturated carbocycles. The molecule has 3 aromatic rings.